The van der Waals surface area contributed by atoms with Crippen LogP contribution in [-0.2, 0) is 4.74 Å². The first-order valence-corrected chi connectivity index (χ1v) is 7.42. The molecule has 2 N–H and O–H groups in total. The van der Waals surface area contributed by atoms with Crippen LogP contribution in [0.2, 0.25) is 0 Å². The third-order valence-electron chi connectivity index (χ3n) is 3.52. The average Bonchev–Trinajstić information content (AvgIpc) is 2.49. The van der Waals surface area contributed by atoms with E-state index in [1.165, 1.54) is 6.07 Å². The Labute approximate surface area is 131 Å². The van der Waals surface area contributed by atoms with Crippen LogP contribution in [-0.4, -0.2) is 48.3 Å². The van der Waals surface area contributed by atoms with Crippen LogP contribution in [0.3, 0.4) is 0 Å². The molecule has 2 rings (SSSR count). The lowest BCUT2D eigenvalue weighted by molar-refractivity contribution is 0.0521. The van der Waals surface area contributed by atoms with Gasteiger partial charge in [-0.25, -0.2) is 9.59 Å². The standard InChI is InChI=1S/C14H17BrN2O4/c1-21-10-4-6-17(7-5-10)14(20)16-12-3-2-9(15)8-11(12)13(18)19/h2-3,8,10H,4-7H2,1H3,(H,16,20)(H,18,19). The smallest absolute Gasteiger partial charge is 0.337 e. The summed E-state index contributed by atoms with van der Waals surface area (Å²) in [4.78, 5) is 25.1. The molecule has 0 saturated carbocycles. The highest BCUT2D eigenvalue weighted by Gasteiger charge is 2.23. The average molecular weight is 357 g/mol. The van der Waals surface area contributed by atoms with E-state index < -0.39 is 5.97 Å². The van der Waals surface area contributed by atoms with Crippen LogP contribution in [0.15, 0.2) is 22.7 Å². The van der Waals surface area contributed by atoms with Gasteiger partial charge in [-0.2, -0.15) is 0 Å². The molecule has 1 heterocycles. The van der Waals surface area contributed by atoms with Gasteiger partial charge in [0.05, 0.1) is 17.4 Å². The predicted octanol–water partition coefficient (Wildman–Crippen LogP) is 2.79. The van der Waals surface area contributed by atoms with Crippen LogP contribution in [0, 0.1) is 0 Å². The number of likely N-dealkylation sites (tertiary alicyclic amines) is 1. The number of piperidine rings is 1. The Morgan fingerprint density at radius 2 is 2.05 bits per heavy atom. The SMILES string of the molecule is COC1CCN(C(=O)Nc2ccc(Br)cc2C(=O)O)CC1. The molecule has 1 fully saturated rings. The van der Waals surface area contributed by atoms with E-state index in [0.717, 1.165) is 12.8 Å². The fraction of sp³-hybridized carbons (Fsp3) is 0.429. The summed E-state index contributed by atoms with van der Waals surface area (Å²) >= 11 is 3.22. The number of anilines is 1. The summed E-state index contributed by atoms with van der Waals surface area (Å²) in [6.07, 6.45) is 1.77. The van der Waals surface area contributed by atoms with E-state index in [2.05, 4.69) is 21.2 Å². The number of hydrogen-bond donors (Lipinski definition) is 2. The number of aromatic carboxylic acids is 1. The molecule has 1 aliphatic heterocycles. The van der Waals surface area contributed by atoms with Crippen molar-refractivity contribution in [3.8, 4) is 0 Å². The van der Waals surface area contributed by atoms with Gasteiger partial charge in [0.1, 0.15) is 0 Å². The van der Waals surface area contributed by atoms with Gasteiger partial charge in [0, 0.05) is 24.7 Å². The van der Waals surface area contributed by atoms with E-state index >= 15 is 0 Å². The molecule has 1 saturated heterocycles. The minimum absolute atomic E-state index is 0.0597. The molecular formula is C14H17BrN2O4. The summed E-state index contributed by atoms with van der Waals surface area (Å²) < 4.78 is 5.91. The molecule has 6 nitrogen and oxygen atoms in total. The molecule has 0 atom stereocenters. The van der Waals surface area contributed by atoms with Crippen molar-refractivity contribution in [1.82, 2.24) is 4.90 Å². The van der Waals surface area contributed by atoms with Crippen LogP contribution in [0.1, 0.15) is 23.2 Å². The number of carbonyl (C=O) groups is 2. The fourth-order valence-electron chi connectivity index (χ4n) is 2.29. The number of hydrogen-bond acceptors (Lipinski definition) is 3. The molecule has 114 valence electrons. The van der Waals surface area contributed by atoms with Crippen molar-refractivity contribution in [3.05, 3.63) is 28.2 Å². The molecule has 0 unspecified atom stereocenters. The maximum atomic E-state index is 12.2. The number of methoxy groups -OCH3 is 1. The quantitative estimate of drug-likeness (QED) is 0.872. The van der Waals surface area contributed by atoms with Crippen molar-refractivity contribution in [2.24, 2.45) is 0 Å². The number of carboxylic acids is 1. The predicted molar refractivity (Wildman–Crippen MR) is 81.7 cm³/mol. The van der Waals surface area contributed by atoms with Crippen LogP contribution >= 0.6 is 15.9 Å². The Bertz CT molecular complexity index is 542. The zero-order chi connectivity index (χ0) is 15.4. The van der Waals surface area contributed by atoms with Crippen LogP contribution in [0.4, 0.5) is 10.5 Å². The molecule has 1 aliphatic rings. The number of benzene rings is 1. The second-order valence-corrected chi connectivity index (χ2v) is 5.76. The van der Waals surface area contributed by atoms with E-state index in [9.17, 15) is 14.7 Å². The zero-order valence-electron chi connectivity index (χ0n) is 11.6. The lowest BCUT2D eigenvalue weighted by atomic mass is 10.1. The lowest BCUT2D eigenvalue weighted by Gasteiger charge is -2.31. The summed E-state index contributed by atoms with van der Waals surface area (Å²) in [7, 11) is 1.67. The molecule has 7 heteroatoms. The summed E-state index contributed by atoms with van der Waals surface area (Å²) in [5.41, 5.74) is 0.356. The molecule has 0 spiro atoms. The number of nitrogens with one attached hydrogen (secondary N) is 1. The molecule has 1 aromatic carbocycles. The second kappa shape index (κ2) is 6.91. The Kier molecular flexibility index (Phi) is 5.19. The van der Waals surface area contributed by atoms with Crippen LogP contribution in [0.5, 0.6) is 0 Å². The lowest BCUT2D eigenvalue weighted by Crippen LogP contribution is -2.43. The molecule has 2 amide bonds. The number of nitrogens with zero attached hydrogens (tertiary/aromatic N) is 1. The maximum absolute atomic E-state index is 12.2. The van der Waals surface area contributed by atoms with Crippen molar-refractivity contribution in [2.75, 3.05) is 25.5 Å². The summed E-state index contributed by atoms with van der Waals surface area (Å²) in [5.74, 6) is -1.08. The number of rotatable bonds is 3. The van der Waals surface area contributed by atoms with Gasteiger partial charge in [0.2, 0.25) is 0 Å². The Balaban J connectivity index is 2.05. The normalized spacial score (nSPS) is 15.8. The third kappa shape index (κ3) is 3.95. The van der Waals surface area contributed by atoms with Crippen LogP contribution < -0.4 is 5.32 Å². The third-order valence-corrected chi connectivity index (χ3v) is 4.01. The fourth-order valence-corrected chi connectivity index (χ4v) is 2.65. The van der Waals surface area contributed by atoms with E-state index in [-0.39, 0.29) is 17.7 Å². The first-order valence-electron chi connectivity index (χ1n) is 6.63. The maximum Gasteiger partial charge on any atom is 0.337 e. The topological polar surface area (TPSA) is 78.9 Å². The number of ether oxygens (including phenoxy) is 1. The van der Waals surface area contributed by atoms with Crippen molar-refractivity contribution < 1.29 is 19.4 Å². The molecule has 0 bridgehead atoms. The van der Waals surface area contributed by atoms with Crippen molar-refractivity contribution in [3.63, 3.8) is 0 Å². The minimum Gasteiger partial charge on any atom is -0.478 e. The number of halogens is 1. The van der Waals surface area contributed by atoms with Gasteiger partial charge in [-0.05, 0) is 31.0 Å². The molecule has 0 radical (unpaired) electrons. The second-order valence-electron chi connectivity index (χ2n) is 4.85. The molecular weight excluding hydrogens is 340 g/mol. The Morgan fingerprint density at radius 3 is 2.62 bits per heavy atom. The van der Waals surface area contributed by atoms with Gasteiger partial charge in [0.25, 0.3) is 0 Å². The highest BCUT2D eigenvalue weighted by molar-refractivity contribution is 9.10. The van der Waals surface area contributed by atoms with Gasteiger partial charge >= 0.3 is 12.0 Å². The summed E-state index contributed by atoms with van der Waals surface area (Å²) in [6.45, 7) is 1.20. The van der Waals surface area contributed by atoms with Crippen LogP contribution in [0.25, 0.3) is 0 Å². The molecule has 0 aliphatic carbocycles. The van der Waals surface area contributed by atoms with Crippen molar-refractivity contribution in [1.29, 1.82) is 0 Å². The monoisotopic (exact) mass is 356 g/mol. The number of carboxylic acid groups (broad SMARTS) is 1. The van der Waals surface area contributed by atoms with E-state index in [1.807, 2.05) is 0 Å². The minimum atomic E-state index is -1.08. The van der Waals surface area contributed by atoms with Gasteiger partial charge in [-0.3, -0.25) is 0 Å². The Hall–Kier alpha value is -1.60. The van der Waals surface area contributed by atoms with Gasteiger partial charge < -0.3 is 20.1 Å². The van der Waals surface area contributed by atoms with Crippen molar-refractivity contribution in [2.45, 2.75) is 18.9 Å². The molecule has 21 heavy (non-hydrogen) atoms. The molecule has 1 aromatic rings. The van der Waals surface area contributed by atoms with E-state index in [4.69, 9.17) is 4.74 Å². The highest BCUT2D eigenvalue weighted by atomic mass is 79.9. The van der Waals surface area contributed by atoms with Gasteiger partial charge in [0.15, 0.2) is 0 Å². The number of urea groups is 1. The summed E-state index contributed by atoms with van der Waals surface area (Å²) in [5, 5.41) is 11.8. The first kappa shape index (κ1) is 15.8. The summed E-state index contributed by atoms with van der Waals surface area (Å²) in [6, 6.07) is 4.45. The highest BCUT2D eigenvalue weighted by Crippen LogP contribution is 2.22. The number of amides is 2. The van der Waals surface area contributed by atoms with Gasteiger partial charge in [-0.15, -0.1) is 0 Å². The molecule has 0 aromatic heterocycles. The first-order chi connectivity index (χ1) is 10.0. The van der Waals surface area contributed by atoms with Gasteiger partial charge in [-0.1, -0.05) is 15.9 Å². The zero-order valence-corrected chi connectivity index (χ0v) is 13.2. The van der Waals surface area contributed by atoms with E-state index in [0.29, 0.717) is 23.2 Å². The number of carbonyl (C=O) groups excluding carboxylic acids is 1. The van der Waals surface area contributed by atoms with E-state index in [1.54, 1.807) is 24.1 Å². The Morgan fingerprint density at radius 1 is 1.38 bits per heavy atom. The largest absolute Gasteiger partial charge is 0.478 e. The van der Waals surface area contributed by atoms with Crippen molar-refractivity contribution >= 4 is 33.6 Å².